The molecule has 0 saturated heterocycles. The fourth-order valence-electron chi connectivity index (χ4n) is 2.34. The summed E-state index contributed by atoms with van der Waals surface area (Å²) in [6.45, 7) is 0. The number of aliphatic imine (C=N–C) groups is 1. The largest absolute Gasteiger partial charge is 0.478 e. The number of aromatic nitrogens is 2. The van der Waals surface area contributed by atoms with Crippen LogP contribution in [0.5, 0.6) is 0 Å². The molecule has 0 amide bonds. The number of carboxylic acid groups (broad SMARTS) is 1. The third kappa shape index (κ3) is 2.77. The summed E-state index contributed by atoms with van der Waals surface area (Å²) in [4.78, 5) is 15.5. The van der Waals surface area contributed by atoms with Crippen LogP contribution < -0.4 is 5.48 Å². The molecular formula is C16H14N4O3. The van der Waals surface area contributed by atoms with E-state index in [0.717, 1.165) is 5.52 Å². The van der Waals surface area contributed by atoms with Gasteiger partial charge in [0.2, 0.25) is 0 Å². The van der Waals surface area contributed by atoms with E-state index in [-0.39, 0.29) is 11.4 Å². The Morgan fingerprint density at radius 3 is 2.61 bits per heavy atom. The first-order valence-corrected chi connectivity index (χ1v) is 6.84. The molecule has 3 rings (SSSR count). The van der Waals surface area contributed by atoms with Gasteiger partial charge in [0.1, 0.15) is 5.69 Å². The number of nitrogens with one attached hydrogen (secondary N) is 1. The van der Waals surface area contributed by atoms with Crippen molar-refractivity contribution in [3.8, 4) is 0 Å². The number of carbonyl (C=O) groups is 1. The van der Waals surface area contributed by atoms with E-state index >= 15 is 0 Å². The molecule has 3 aromatic rings. The molecule has 0 spiro atoms. The lowest BCUT2D eigenvalue weighted by molar-refractivity contribution is 0.0697. The molecule has 0 radical (unpaired) electrons. The Hall–Kier alpha value is -3.19. The van der Waals surface area contributed by atoms with Gasteiger partial charge >= 0.3 is 5.97 Å². The van der Waals surface area contributed by atoms with Gasteiger partial charge in [-0.05, 0) is 30.3 Å². The van der Waals surface area contributed by atoms with E-state index in [0.29, 0.717) is 16.8 Å². The highest BCUT2D eigenvalue weighted by Gasteiger charge is 2.16. The van der Waals surface area contributed by atoms with Crippen LogP contribution in [0.3, 0.4) is 0 Å². The third-order valence-corrected chi connectivity index (χ3v) is 3.42. The van der Waals surface area contributed by atoms with Crippen LogP contribution in [0.25, 0.3) is 10.9 Å². The molecular weight excluding hydrogens is 296 g/mol. The second kappa shape index (κ2) is 5.90. The lowest BCUT2D eigenvalue weighted by Crippen LogP contribution is -2.21. The van der Waals surface area contributed by atoms with Crippen molar-refractivity contribution in [3.05, 3.63) is 59.8 Å². The first-order chi connectivity index (χ1) is 11.1. The fourth-order valence-corrected chi connectivity index (χ4v) is 2.34. The van der Waals surface area contributed by atoms with Crippen LogP contribution in [0.1, 0.15) is 16.1 Å². The number of carboxylic acids is 1. The van der Waals surface area contributed by atoms with E-state index < -0.39 is 5.97 Å². The van der Waals surface area contributed by atoms with Gasteiger partial charge in [0.05, 0.1) is 16.8 Å². The average molecular weight is 310 g/mol. The lowest BCUT2D eigenvalue weighted by atomic mass is 10.1. The first kappa shape index (κ1) is 14.7. The van der Waals surface area contributed by atoms with Crippen LogP contribution in [0.2, 0.25) is 0 Å². The number of rotatable bonds is 3. The molecule has 0 atom stereocenters. The minimum Gasteiger partial charge on any atom is -0.478 e. The number of benzene rings is 2. The van der Waals surface area contributed by atoms with Gasteiger partial charge in [-0.2, -0.15) is 5.10 Å². The molecule has 3 N–H and O–H groups in total. The Labute approximate surface area is 131 Å². The van der Waals surface area contributed by atoms with Crippen molar-refractivity contribution in [1.29, 1.82) is 0 Å². The van der Waals surface area contributed by atoms with E-state index in [1.165, 1.54) is 12.1 Å². The molecule has 23 heavy (non-hydrogen) atoms. The summed E-state index contributed by atoms with van der Waals surface area (Å²) in [5.74, 6) is -0.885. The number of para-hydroxylation sites is 1. The number of fused-ring (bicyclic) bond motifs is 1. The Bertz CT molecular complexity index is 900. The summed E-state index contributed by atoms with van der Waals surface area (Å²) in [5.41, 5.74) is 3.94. The van der Waals surface area contributed by atoms with E-state index in [1.807, 2.05) is 23.7 Å². The van der Waals surface area contributed by atoms with E-state index in [4.69, 9.17) is 5.11 Å². The highest BCUT2D eigenvalue weighted by atomic mass is 16.5. The summed E-state index contributed by atoms with van der Waals surface area (Å²) in [6.07, 6.45) is 0. The minimum atomic E-state index is -1.03. The second-order valence-electron chi connectivity index (χ2n) is 4.92. The summed E-state index contributed by atoms with van der Waals surface area (Å²) in [6, 6.07) is 13.8. The summed E-state index contributed by atoms with van der Waals surface area (Å²) < 4.78 is 1.61. The normalized spacial score (nSPS) is 11.7. The van der Waals surface area contributed by atoms with Gasteiger partial charge in [0.25, 0.3) is 0 Å². The van der Waals surface area contributed by atoms with Gasteiger partial charge < -0.3 is 5.11 Å². The van der Waals surface area contributed by atoms with Crippen LogP contribution in [0, 0.1) is 0 Å². The molecule has 7 heteroatoms. The maximum atomic E-state index is 11.2. The van der Waals surface area contributed by atoms with Gasteiger partial charge in [0, 0.05) is 12.4 Å². The zero-order valence-electron chi connectivity index (χ0n) is 12.3. The number of amidine groups is 1. The van der Waals surface area contributed by atoms with E-state index in [1.54, 1.807) is 29.9 Å². The Morgan fingerprint density at radius 1 is 1.22 bits per heavy atom. The maximum Gasteiger partial charge on any atom is 0.335 e. The Kier molecular flexibility index (Phi) is 3.78. The topological polar surface area (TPSA) is 99.7 Å². The van der Waals surface area contributed by atoms with Gasteiger partial charge in [-0.1, -0.05) is 18.2 Å². The van der Waals surface area contributed by atoms with E-state index in [9.17, 15) is 10.0 Å². The van der Waals surface area contributed by atoms with Gasteiger partial charge in [0.15, 0.2) is 5.84 Å². The molecule has 0 aliphatic carbocycles. The van der Waals surface area contributed by atoms with Crippen molar-refractivity contribution >= 4 is 28.4 Å². The molecule has 116 valence electrons. The zero-order chi connectivity index (χ0) is 16.4. The molecule has 0 fully saturated rings. The summed E-state index contributed by atoms with van der Waals surface area (Å²) in [5, 5.41) is 23.5. The highest BCUT2D eigenvalue weighted by molar-refractivity contribution is 6.09. The zero-order valence-corrected chi connectivity index (χ0v) is 12.3. The second-order valence-corrected chi connectivity index (χ2v) is 4.92. The summed E-state index contributed by atoms with van der Waals surface area (Å²) in [7, 11) is 1.74. The van der Waals surface area contributed by atoms with Gasteiger partial charge in [-0.15, -0.1) is 0 Å². The van der Waals surface area contributed by atoms with Crippen molar-refractivity contribution in [2.24, 2.45) is 12.0 Å². The molecule has 0 bridgehead atoms. The van der Waals surface area contributed by atoms with Crippen LogP contribution in [0.15, 0.2) is 53.5 Å². The molecule has 7 nitrogen and oxygen atoms in total. The maximum absolute atomic E-state index is 11.2. The van der Waals surface area contributed by atoms with Crippen molar-refractivity contribution in [2.75, 3.05) is 0 Å². The fraction of sp³-hybridized carbons (Fsp3) is 0.0625. The van der Waals surface area contributed by atoms with Crippen molar-refractivity contribution in [3.63, 3.8) is 0 Å². The molecule has 0 aliphatic heterocycles. The number of aryl methyl sites for hydroxylation is 1. The average Bonchev–Trinajstić information content (AvgIpc) is 2.90. The first-order valence-electron chi connectivity index (χ1n) is 6.84. The quantitative estimate of drug-likeness (QED) is 0.392. The standard InChI is InChI=1S/C16H14N4O3/c1-20-13-8-7-10(16(21)22)9-12(13)14(18-20)15(19-23)17-11-5-3-2-4-6-11/h2-9,23H,1H3,(H,17,19)(H,21,22). The molecule has 1 heterocycles. The number of hydrogen-bond donors (Lipinski definition) is 3. The van der Waals surface area contributed by atoms with Crippen molar-refractivity contribution in [2.45, 2.75) is 0 Å². The van der Waals surface area contributed by atoms with Crippen LogP contribution >= 0.6 is 0 Å². The number of nitrogens with zero attached hydrogens (tertiary/aromatic N) is 3. The van der Waals surface area contributed by atoms with E-state index in [2.05, 4.69) is 10.1 Å². The predicted molar refractivity (Wildman–Crippen MR) is 85.2 cm³/mol. The van der Waals surface area contributed by atoms with Crippen LogP contribution in [-0.4, -0.2) is 31.9 Å². The van der Waals surface area contributed by atoms with Crippen molar-refractivity contribution < 1.29 is 15.1 Å². The lowest BCUT2D eigenvalue weighted by Gasteiger charge is -2.03. The smallest absolute Gasteiger partial charge is 0.335 e. The molecule has 0 saturated carbocycles. The third-order valence-electron chi connectivity index (χ3n) is 3.42. The minimum absolute atomic E-state index is 0.142. The van der Waals surface area contributed by atoms with Crippen LogP contribution in [-0.2, 0) is 7.05 Å². The summed E-state index contributed by atoms with van der Waals surface area (Å²) >= 11 is 0. The monoisotopic (exact) mass is 310 g/mol. The van der Waals surface area contributed by atoms with Crippen molar-refractivity contribution in [1.82, 2.24) is 15.3 Å². The molecule has 0 unspecified atom stereocenters. The molecule has 2 aromatic carbocycles. The highest BCUT2D eigenvalue weighted by Crippen LogP contribution is 2.21. The van der Waals surface area contributed by atoms with Crippen LogP contribution in [0.4, 0.5) is 5.69 Å². The number of hydrogen-bond acceptors (Lipinski definition) is 4. The number of aromatic carboxylic acids is 1. The molecule has 1 aromatic heterocycles. The van der Waals surface area contributed by atoms with Gasteiger partial charge in [-0.3, -0.25) is 15.4 Å². The Morgan fingerprint density at radius 2 is 1.96 bits per heavy atom. The SMILES string of the molecule is Cn1nc(C(=Nc2ccccc2)NO)c2cc(C(=O)O)ccc21. The number of hydroxylamine groups is 1. The molecule has 0 aliphatic rings. The predicted octanol–water partition coefficient (Wildman–Crippen LogP) is 2.33. The Balaban J connectivity index is 2.19. The van der Waals surface area contributed by atoms with Gasteiger partial charge in [-0.25, -0.2) is 9.79 Å².